The molecule has 5 nitrogen and oxygen atoms in total. The molecule has 3 rings (SSSR count). The van der Waals surface area contributed by atoms with E-state index >= 15 is 0 Å². The zero-order valence-corrected chi connectivity index (χ0v) is 13.7. The standard InChI is InChI=1S/C18H23N3O2/c1-22-15-13-16(23-2)20-18(19-15)17(14-9-5-3-6-10-14)21-11-7-4-8-12-21/h3,5-6,9-10,13,17H,4,7-8,11-12H2,1-2H3/t17-/m1/s1. The van der Waals surface area contributed by atoms with Crippen LogP contribution in [0.4, 0.5) is 0 Å². The number of likely N-dealkylation sites (tertiary alicyclic amines) is 1. The topological polar surface area (TPSA) is 47.5 Å². The van der Waals surface area contributed by atoms with Crippen LogP contribution in [0, 0.1) is 0 Å². The summed E-state index contributed by atoms with van der Waals surface area (Å²) in [5.74, 6) is 1.80. The first-order valence-electron chi connectivity index (χ1n) is 8.08. The summed E-state index contributed by atoms with van der Waals surface area (Å²) < 4.78 is 10.6. The predicted octanol–water partition coefficient (Wildman–Crippen LogP) is 3.07. The molecule has 2 heterocycles. The molecule has 0 spiro atoms. The summed E-state index contributed by atoms with van der Waals surface area (Å²) in [5, 5.41) is 0. The van der Waals surface area contributed by atoms with E-state index in [2.05, 4.69) is 39.1 Å². The molecule has 0 N–H and O–H groups in total. The van der Waals surface area contributed by atoms with Gasteiger partial charge >= 0.3 is 0 Å². The molecule has 1 aliphatic rings. The van der Waals surface area contributed by atoms with Gasteiger partial charge in [-0.3, -0.25) is 4.90 Å². The molecule has 0 radical (unpaired) electrons. The van der Waals surface area contributed by atoms with Crippen LogP contribution in [0.25, 0.3) is 0 Å². The minimum atomic E-state index is 0.0282. The maximum Gasteiger partial charge on any atom is 0.220 e. The summed E-state index contributed by atoms with van der Waals surface area (Å²) in [6.07, 6.45) is 3.72. The first kappa shape index (κ1) is 15.7. The van der Waals surface area contributed by atoms with Crippen molar-refractivity contribution in [3.8, 4) is 11.8 Å². The number of ether oxygens (including phenoxy) is 2. The Balaban J connectivity index is 2.04. The van der Waals surface area contributed by atoms with E-state index in [-0.39, 0.29) is 6.04 Å². The molecule has 0 unspecified atom stereocenters. The normalized spacial score (nSPS) is 16.8. The Kier molecular flexibility index (Phi) is 5.08. The Labute approximate surface area is 137 Å². The molecule has 1 aromatic heterocycles. The van der Waals surface area contributed by atoms with Crippen molar-refractivity contribution in [1.29, 1.82) is 0 Å². The summed E-state index contributed by atoms with van der Waals surface area (Å²) in [5.41, 5.74) is 1.20. The highest BCUT2D eigenvalue weighted by Gasteiger charge is 2.27. The van der Waals surface area contributed by atoms with Crippen LogP contribution in [0.1, 0.15) is 36.7 Å². The molecule has 1 aromatic carbocycles. The lowest BCUT2D eigenvalue weighted by atomic mass is 10.0. The smallest absolute Gasteiger partial charge is 0.220 e. The zero-order chi connectivity index (χ0) is 16.1. The minimum Gasteiger partial charge on any atom is -0.481 e. The summed E-state index contributed by atoms with van der Waals surface area (Å²) >= 11 is 0. The second kappa shape index (κ2) is 7.42. The van der Waals surface area contributed by atoms with Crippen molar-refractivity contribution < 1.29 is 9.47 Å². The van der Waals surface area contributed by atoms with Gasteiger partial charge in [0.1, 0.15) is 0 Å². The van der Waals surface area contributed by atoms with Crippen LogP contribution >= 0.6 is 0 Å². The average molecular weight is 313 g/mol. The number of rotatable bonds is 5. The van der Waals surface area contributed by atoms with Gasteiger partial charge in [-0.1, -0.05) is 36.8 Å². The number of hydrogen-bond acceptors (Lipinski definition) is 5. The van der Waals surface area contributed by atoms with Crippen molar-refractivity contribution in [2.45, 2.75) is 25.3 Å². The number of piperidine rings is 1. The largest absolute Gasteiger partial charge is 0.481 e. The van der Waals surface area contributed by atoms with Gasteiger partial charge in [0.15, 0.2) is 5.82 Å². The van der Waals surface area contributed by atoms with Gasteiger partial charge in [-0.25, -0.2) is 0 Å². The number of aromatic nitrogens is 2. The minimum absolute atomic E-state index is 0.0282. The molecule has 23 heavy (non-hydrogen) atoms. The van der Waals surface area contributed by atoms with Gasteiger partial charge in [-0.15, -0.1) is 0 Å². The molecule has 1 fully saturated rings. The third-order valence-corrected chi connectivity index (χ3v) is 4.23. The molecular weight excluding hydrogens is 290 g/mol. The fourth-order valence-electron chi connectivity index (χ4n) is 3.09. The Morgan fingerprint density at radius 3 is 2.09 bits per heavy atom. The zero-order valence-electron chi connectivity index (χ0n) is 13.7. The third-order valence-electron chi connectivity index (χ3n) is 4.23. The predicted molar refractivity (Wildman–Crippen MR) is 88.8 cm³/mol. The summed E-state index contributed by atoms with van der Waals surface area (Å²) in [6, 6.07) is 12.2. The van der Waals surface area contributed by atoms with Crippen molar-refractivity contribution in [2.24, 2.45) is 0 Å². The second-order valence-electron chi connectivity index (χ2n) is 5.72. The number of methoxy groups -OCH3 is 2. The monoisotopic (exact) mass is 313 g/mol. The van der Waals surface area contributed by atoms with Gasteiger partial charge in [0.05, 0.1) is 26.3 Å². The van der Waals surface area contributed by atoms with Crippen LogP contribution in [0.3, 0.4) is 0 Å². The Morgan fingerprint density at radius 1 is 0.913 bits per heavy atom. The molecule has 0 aliphatic carbocycles. The lowest BCUT2D eigenvalue weighted by Crippen LogP contribution is -2.35. The van der Waals surface area contributed by atoms with Crippen molar-refractivity contribution in [3.05, 3.63) is 47.8 Å². The van der Waals surface area contributed by atoms with Crippen LogP contribution in [0.15, 0.2) is 36.4 Å². The lowest BCUT2D eigenvalue weighted by Gasteiger charge is -2.34. The molecule has 0 bridgehead atoms. The van der Waals surface area contributed by atoms with E-state index in [1.165, 1.54) is 24.8 Å². The van der Waals surface area contributed by atoms with Crippen LogP contribution in [0.5, 0.6) is 11.8 Å². The quantitative estimate of drug-likeness (QED) is 0.849. The molecule has 122 valence electrons. The highest BCUT2D eigenvalue weighted by molar-refractivity contribution is 5.29. The summed E-state index contributed by atoms with van der Waals surface area (Å²) in [4.78, 5) is 11.6. The average Bonchev–Trinajstić information content (AvgIpc) is 2.63. The van der Waals surface area contributed by atoms with Crippen LogP contribution < -0.4 is 9.47 Å². The van der Waals surface area contributed by atoms with Crippen molar-refractivity contribution in [2.75, 3.05) is 27.3 Å². The van der Waals surface area contributed by atoms with Gasteiger partial charge in [-0.2, -0.15) is 9.97 Å². The Hall–Kier alpha value is -2.14. The molecule has 0 saturated carbocycles. The van der Waals surface area contributed by atoms with E-state index in [0.717, 1.165) is 18.9 Å². The highest BCUT2D eigenvalue weighted by Crippen LogP contribution is 2.31. The molecular formula is C18H23N3O2. The van der Waals surface area contributed by atoms with Gasteiger partial charge in [0, 0.05) is 0 Å². The van der Waals surface area contributed by atoms with Crippen LogP contribution in [0.2, 0.25) is 0 Å². The van der Waals surface area contributed by atoms with E-state index in [1.807, 2.05) is 6.07 Å². The van der Waals surface area contributed by atoms with Gasteiger partial charge < -0.3 is 9.47 Å². The molecule has 1 aliphatic heterocycles. The van der Waals surface area contributed by atoms with Gasteiger partial charge in [-0.05, 0) is 31.5 Å². The summed E-state index contributed by atoms with van der Waals surface area (Å²) in [7, 11) is 3.23. The SMILES string of the molecule is COc1cc(OC)nc([C@@H](c2ccccc2)N2CCCCC2)n1. The maximum atomic E-state index is 5.32. The van der Waals surface area contributed by atoms with E-state index < -0.39 is 0 Å². The van der Waals surface area contributed by atoms with Gasteiger partial charge in [0.2, 0.25) is 11.8 Å². The molecule has 0 amide bonds. The second-order valence-corrected chi connectivity index (χ2v) is 5.72. The van der Waals surface area contributed by atoms with Crippen molar-refractivity contribution in [3.63, 3.8) is 0 Å². The molecule has 5 heteroatoms. The van der Waals surface area contributed by atoms with E-state index in [4.69, 9.17) is 9.47 Å². The first-order chi connectivity index (χ1) is 11.3. The molecule has 1 atom stereocenters. The lowest BCUT2D eigenvalue weighted by molar-refractivity contribution is 0.179. The van der Waals surface area contributed by atoms with Crippen LogP contribution in [-0.2, 0) is 0 Å². The number of nitrogens with zero attached hydrogens (tertiary/aromatic N) is 3. The van der Waals surface area contributed by atoms with Crippen molar-refractivity contribution in [1.82, 2.24) is 14.9 Å². The first-order valence-corrected chi connectivity index (χ1v) is 8.08. The molecule has 1 saturated heterocycles. The number of hydrogen-bond donors (Lipinski definition) is 0. The Morgan fingerprint density at radius 2 is 1.52 bits per heavy atom. The highest BCUT2D eigenvalue weighted by atomic mass is 16.5. The van der Waals surface area contributed by atoms with E-state index in [0.29, 0.717) is 11.8 Å². The van der Waals surface area contributed by atoms with Crippen molar-refractivity contribution >= 4 is 0 Å². The van der Waals surface area contributed by atoms with Gasteiger partial charge in [0.25, 0.3) is 0 Å². The van der Waals surface area contributed by atoms with Crippen LogP contribution in [-0.4, -0.2) is 42.2 Å². The summed E-state index contributed by atoms with van der Waals surface area (Å²) in [6.45, 7) is 2.12. The fourth-order valence-corrected chi connectivity index (χ4v) is 3.09. The fraction of sp³-hybridized carbons (Fsp3) is 0.444. The maximum absolute atomic E-state index is 5.32. The number of benzene rings is 1. The molecule has 2 aromatic rings. The third kappa shape index (κ3) is 3.62. The Bertz CT molecular complexity index is 605. The van der Waals surface area contributed by atoms with E-state index in [9.17, 15) is 0 Å². The van der Waals surface area contributed by atoms with E-state index in [1.54, 1.807) is 20.3 Å².